The highest BCUT2D eigenvalue weighted by Gasteiger charge is 2.32. The predicted octanol–water partition coefficient (Wildman–Crippen LogP) is 7.03. The monoisotopic (exact) mass is 604 g/mol. The van der Waals surface area contributed by atoms with E-state index in [1.165, 1.54) is 17.8 Å². The van der Waals surface area contributed by atoms with Crippen LogP contribution in [-0.2, 0) is 28.3 Å². The van der Waals surface area contributed by atoms with Crippen molar-refractivity contribution in [2.75, 3.05) is 5.75 Å². The van der Waals surface area contributed by atoms with Crippen molar-refractivity contribution in [3.63, 3.8) is 0 Å². The van der Waals surface area contributed by atoms with Crippen molar-refractivity contribution >= 4 is 51.1 Å². The van der Waals surface area contributed by atoms with Gasteiger partial charge >= 0.3 is 0 Å². The van der Waals surface area contributed by atoms with E-state index in [0.717, 1.165) is 15.6 Å². The van der Waals surface area contributed by atoms with E-state index in [9.17, 15) is 14.0 Å². The van der Waals surface area contributed by atoms with Gasteiger partial charge in [0.15, 0.2) is 0 Å². The van der Waals surface area contributed by atoms with Gasteiger partial charge in [-0.15, -0.1) is 11.8 Å². The summed E-state index contributed by atoms with van der Waals surface area (Å²) >= 11 is 10.9. The molecular formula is C29H31BrClFN2O2S. The van der Waals surface area contributed by atoms with Gasteiger partial charge in [-0.1, -0.05) is 76.1 Å². The Hall–Kier alpha value is -2.35. The molecule has 1 atom stereocenters. The Morgan fingerprint density at radius 3 is 2.35 bits per heavy atom. The molecule has 3 rings (SSSR count). The third-order valence-corrected chi connectivity index (χ3v) is 7.34. The fourth-order valence-corrected chi connectivity index (χ4v) is 5.53. The number of nitrogens with one attached hydrogen (secondary N) is 1. The van der Waals surface area contributed by atoms with Crippen molar-refractivity contribution in [3.05, 3.63) is 105 Å². The number of thioether (sulfide) groups is 1. The van der Waals surface area contributed by atoms with Gasteiger partial charge < -0.3 is 10.2 Å². The first kappa shape index (κ1) is 29.2. The fourth-order valence-electron chi connectivity index (χ4n) is 3.83. The lowest BCUT2D eigenvalue weighted by Crippen LogP contribution is -2.54. The Balaban J connectivity index is 1.89. The fraction of sp³-hybridized carbons (Fsp3) is 0.310. The maximum atomic E-state index is 14.2. The van der Waals surface area contributed by atoms with Gasteiger partial charge in [-0.05, 0) is 56.2 Å². The van der Waals surface area contributed by atoms with E-state index in [1.807, 2.05) is 75.4 Å². The van der Waals surface area contributed by atoms with Gasteiger partial charge in [-0.2, -0.15) is 0 Å². The number of hydrogen-bond donors (Lipinski definition) is 1. The van der Waals surface area contributed by atoms with E-state index in [-0.39, 0.29) is 29.9 Å². The summed E-state index contributed by atoms with van der Waals surface area (Å²) in [5.74, 6) is -0.499. The molecule has 0 aromatic heterocycles. The minimum atomic E-state index is -0.731. The van der Waals surface area contributed by atoms with Crippen LogP contribution in [0.2, 0.25) is 5.02 Å². The molecule has 0 spiro atoms. The molecule has 0 aliphatic rings. The van der Waals surface area contributed by atoms with Gasteiger partial charge in [0.2, 0.25) is 11.8 Å². The average Bonchev–Trinajstić information content (AvgIpc) is 2.82. The summed E-state index contributed by atoms with van der Waals surface area (Å²) in [5.41, 5.74) is 1.75. The van der Waals surface area contributed by atoms with Crippen LogP contribution >= 0.6 is 39.3 Å². The van der Waals surface area contributed by atoms with Gasteiger partial charge in [-0.25, -0.2) is 4.39 Å². The smallest absolute Gasteiger partial charge is 0.243 e. The van der Waals surface area contributed by atoms with Crippen molar-refractivity contribution < 1.29 is 14.0 Å². The molecule has 3 aromatic rings. The molecule has 0 saturated carbocycles. The summed E-state index contributed by atoms with van der Waals surface area (Å²) in [7, 11) is 0. The van der Waals surface area contributed by atoms with Crippen LogP contribution in [0, 0.1) is 5.82 Å². The molecule has 1 N–H and O–H groups in total. The average molecular weight is 606 g/mol. The molecule has 0 unspecified atom stereocenters. The molecule has 0 radical (unpaired) electrons. The number of nitrogens with zero attached hydrogens (tertiary/aromatic N) is 1. The number of carbonyl (C=O) groups excluding carboxylic acids is 2. The van der Waals surface area contributed by atoms with E-state index in [4.69, 9.17) is 11.6 Å². The summed E-state index contributed by atoms with van der Waals surface area (Å²) in [6, 6.07) is 21.2. The first-order valence-electron chi connectivity index (χ1n) is 11.9. The van der Waals surface area contributed by atoms with Crippen LogP contribution in [0.15, 0.2) is 77.3 Å². The lowest BCUT2D eigenvalue weighted by atomic mass is 10.0. The van der Waals surface area contributed by atoms with E-state index < -0.39 is 17.4 Å². The Labute approximate surface area is 236 Å². The molecule has 4 nitrogen and oxygen atoms in total. The van der Waals surface area contributed by atoms with Crippen LogP contribution in [-0.4, -0.2) is 34.0 Å². The molecule has 0 saturated heterocycles. The molecule has 0 heterocycles. The number of hydrogen-bond acceptors (Lipinski definition) is 3. The molecule has 0 fully saturated rings. The zero-order valence-electron chi connectivity index (χ0n) is 21.1. The molecule has 0 bridgehead atoms. The lowest BCUT2D eigenvalue weighted by molar-refractivity contribution is -0.140. The topological polar surface area (TPSA) is 49.4 Å². The van der Waals surface area contributed by atoms with Crippen LogP contribution in [0.4, 0.5) is 4.39 Å². The predicted molar refractivity (Wildman–Crippen MR) is 154 cm³/mol. The lowest BCUT2D eigenvalue weighted by Gasteiger charge is -2.34. The van der Waals surface area contributed by atoms with Crippen LogP contribution in [0.25, 0.3) is 0 Å². The summed E-state index contributed by atoms with van der Waals surface area (Å²) in [5, 5.41) is 3.38. The molecule has 0 aliphatic carbocycles. The molecule has 2 amide bonds. The molecule has 8 heteroatoms. The summed E-state index contributed by atoms with van der Waals surface area (Å²) in [6.45, 7) is 6.01. The van der Waals surface area contributed by atoms with Gasteiger partial charge in [0, 0.05) is 39.3 Å². The maximum absolute atomic E-state index is 14.2. The summed E-state index contributed by atoms with van der Waals surface area (Å²) < 4.78 is 15.1. The molecular weight excluding hydrogens is 575 g/mol. The Morgan fingerprint density at radius 1 is 1.03 bits per heavy atom. The second-order valence-electron chi connectivity index (χ2n) is 9.79. The van der Waals surface area contributed by atoms with Crippen molar-refractivity contribution in [1.82, 2.24) is 10.2 Å². The van der Waals surface area contributed by atoms with Crippen LogP contribution < -0.4 is 5.32 Å². The van der Waals surface area contributed by atoms with E-state index in [1.54, 1.807) is 17.0 Å². The van der Waals surface area contributed by atoms with Crippen molar-refractivity contribution in [2.45, 2.75) is 51.1 Å². The zero-order valence-corrected chi connectivity index (χ0v) is 24.3. The summed E-state index contributed by atoms with van der Waals surface area (Å²) in [4.78, 5) is 28.9. The van der Waals surface area contributed by atoms with E-state index in [0.29, 0.717) is 17.0 Å². The van der Waals surface area contributed by atoms with Gasteiger partial charge in [0.05, 0.1) is 5.75 Å². The highest BCUT2D eigenvalue weighted by molar-refractivity contribution is 9.10. The minimum Gasteiger partial charge on any atom is -0.350 e. The van der Waals surface area contributed by atoms with Gasteiger partial charge in [0.1, 0.15) is 11.9 Å². The minimum absolute atomic E-state index is 0.0761. The Kier molecular flexibility index (Phi) is 10.6. The van der Waals surface area contributed by atoms with E-state index >= 15 is 0 Å². The highest BCUT2D eigenvalue weighted by atomic mass is 79.9. The molecule has 196 valence electrons. The third-order valence-electron chi connectivity index (χ3n) is 5.54. The van der Waals surface area contributed by atoms with Crippen molar-refractivity contribution in [1.29, 1.82) is 0 Å². The second-order valence-corrected chi connectivity index (χ2v) is 12.1. The number of rotatable bonds is 10. The first-order chi connectivity index (χ1) is 17.5. The van der Waals surface area contributed by atoms with Crippen LogP contribution in [0.3, 0.4) is 0 Å². The van der Waals surface area contributed by atoms with Crippen LogP contribution in [0.1, 0.15) is 37.5 Å². The van der Waals surface area contributed by atoms with Gasteiger partial charge in [-0.3, -0.25) is 9.59 Å². The maximum Gasteiger partial charge on any atom is 0.243 e. The van der Waals surface area contributed by atoms with Crippen molar-refractivity contribution in [2.24, 2.45) is 0 Å². The van der Waals surface area contributed by atoms with Crippen molar-refractivity contribution in [3.8, 4) is 0 Å². The number of benzene rings is 3. The first-order valence-corrected chi connectivity index (χ1v) is 14.3. The van der Waals surface area contributed by atoms with Gasteiger partial charge in [0.25, 0.3) is 0 Å². The Morgan fingerprint density at radius 2 is 1.70 bits per heavy atom. The Bertz CT molecular complexity index is 1200. The number of halogens is 3. The van der Waals surface area contributed by atoms with Crippen LogP contribution in [0.5, 0.6) is 0 Å². The standard InChI is InChI=1S/C29H31BrClFN2O2S/c1-29(2,3)33-28(36)26(16-20-9-5-4-6-10-20)34(17-21-11-7-12-22(30)15-21)27(35)19-37-18-23-24(31)13-8-14-25(23)32/h4-15,26H,16-19H2,1-3H3,(H,33,36)/t26-/m1/s1. The normalized spacial score (nSPS) is 12.2. The molecule has 3 aromatic carbocycles. The number of amides is 2. The largest absolute Gasteiger partial charge is 0.350 e. The van der Waals surface area contributed by atoms with E-state index in [2.05, 4.69) is 21.2 Å². The molecule has 37 heavy (non-hydrogen) atoms. The second kappa shape index (κ2) is 13.4. The highest BCUT2D eigenvalue weighted by Crippen LogP contribution is 2.25. The molecule has 0 aliphatic heterocycles. The zero-order chi connectivity index (χ0) is 27.0. The number of carbonyl (C=O) groups is 2. The SMILES string of the molecule is CC(C)(C)NC(=O)[C@@H](Cc1ccccc1)N(Cc1cccc(Br)c1)C(=O)CSCc1c(F)cccc1Cl. The quantitative estimate of drug-likeness (QED) is 0.270. The summed E-state index contributed by atoms with van der Waals surface area (Å²) in [6.07, 6.45) is 0.367. The third kappa shape index (κ3) is 9.16.